The van der Waals surface area contributed by atoms with Gasteiger partial charge in [0.2, 0.25) is 0 Å². The molecule has 1 N–H and O–H groups in total. The van der Waals surface area contributed by atoms with Crippen molar-refractivity contribution in [1.29, 1.82) is 0 Å². The SMILES string of the molecule is CC=CC(=O)CCCCn1cc(-c2ccc3c(c2)N(c2nc4c(s2)C(=O)NC(C)(C)C4)CCO3)cn1. The molecular weight excluding hydrogens is 474 g/mol. The minimum Gasteiger partial charge on any atom is -0.490 e. The Labute approximate surface area is 215 Å². The van der Waals surface area contributed by atoms with Gasteiger partial charge >= 0.3 is 0 Å². The Hall–Kier alpha value is -3.46. The van der Waals surface area contributed by atoms with Crippen molar-refractivity contribution in [3.05, 3.63) is 53.3 Å². The Balaban J connectivity index is 1.33. The number of ketones is 1. The fraction of sp³-hybridized carbons (Fsp3) is 0.407. The maximum Gasteiger partial charge on any atom is 0.263 e. The van der Waals surface area contributed by atoms with Crippen LogP contribution in [-0.4, -0.2) is 45.1 Å². The summed E-state index contributed by atoms with van der Waals surface area (Å²) in [6, 6.07) is 6.14. The number of thiazole rings is 1. The van der Waals surface area contributed by atoms with Crippen molar-refractivity contribution in [1.82, 2.24) is 20.1 Å². The third kappa shape index (κ3) is 5.06. The molecule has 0 saturated heterocycles. The fourth-order valence-electron chi connectivity index (χ4n) is 4.65. The number of hydrogen-bond acceptors (Lipinski definition) is 7. The topological polar surface area (TPSA) is 89.4 Å². The second-order valence-corrected chi connectivity index (χ2v) is 10.9. The van der Waals surface area contributed by atoms with Crippen LogP contribution in [0.2, 0.25) is 0 Å². The minimum absolute atomic E-state index is 0.0501. The molecule has 8 nitrogen and oxygen atoms in total. The first-order valence-corrected chi connectivity index (χ1v) is 13.2. The molecular formula is C27H31N5O3S. The summed E-state index contributed by atoms with van der Waals surface area (Å²) in [4.78, 5) is 32.0. The Bertz CT molecular complexity index is 1320. The molecule has 2 aliphatic heterocycles. The Kier molecular flexibility index (Phi) is 6.66. The second-order valence-electron chi connectivity index (χ2n) is 9.89. The number of aromatic nitrogens is 3. The molecule has 0 fully saturated rings. The molecule has 1 aromatic carbocycles. The summed E-state index contributed by atoms with van der Waals surface area (Å²) in [5.41, 5.74) is 3.57. The number of rotatable bonds is 8. The first-order chi connectivity index (χ1) is 17.3. The lowest BCUT2D eigenvalue weighted by Crippen LogP contribution is -2.48. The molecule has 0 aliphatic carbocycles. The molecule has 36 heavy (non-hydrogen) atoms. The first kappa shape index (κ1) is 24.2. The quantitative estimate of drug-likeness (QED) is 0.345. The molecule has 0 spiro atoms. The number of hydrogen-bond donors (Lipinski definition) is 1. The zero-order chi connectivity index (χ0) is 25.3. The lowest BCUT2D eigenvalue weighted by atomic mass is 9.94. The highest BCUT2D eigenvalue weighted by Gasteiger charge is 2.34. The second kappa shape index (κ2) is 9.89. The molecule has 9 heteroatoms. The van der Waals surface area contributed by atoms with Crippen molar-refractivity contribution in [2.24, 2.45) is 0 Å². The number of carbonyl (C=O) groups excluding carboxylic acids is 2. The molecule has 188 valence electrons. The normalized spacial score (nSPS) is 16.4. The number of amides is 1. The van der Waals surface area contributed by atoms with Gasteiger partial charge in [-0.05, 0) is 57.4 Å². The van der Waals surface area contributed by atoms with E-state index in [1.807, 2.05) is 50.0 Å². The molecule has 0 radical (unpaired) electrons. The number of nitrogens with one attached hydrogen (secondary N) is 1. The molecule has 0 atom stereocenters. The number of anilines is 2. The monoisotopic (exact) mass is 505 g/mol. The van der Waals surface area contributed by atoms with Crippen LogP contribution in [0, 0.1) is 0 Å². The van der Waals surface area contributed by atoms with Gasteiger partial charge in [-0.1, -0.05) is 23.5 Å². The van der Waals surface area contributed by atoms with Gasteiger partial charge < -0.3 is 15.0 Å². The van der Waals surface area contributed by atoms with Crippen LogP contribution in [0.15, 0.2) is 42.7 Å². The number of carbonyl (C=O) groups is 2. The maximum atomic E-state index is 12.6. The molecule has 2 aromatic heterocycles. The van der Waals surface area contributed by atoms with Crippen molar-refractivity contribution in [2.75, 3.05) is 18.1 Å². The third-order valence-corrected chi connectivity index (χ3v) is 7.51. The average Bonchev–Trinajstić information content (AvgIpc) is 3.48. The van der Waals surface area contributed by atoms with E-state index in [2.05, 4.69) is 21.4 Å². The summed E-state index contributed by atoms with van der Waals surface area (Å²) >= 11 is 1.44. The van der Waals surface area contributed by atoms with Gasteiger partial charge in [0.25, 0.3) is 5.91 Å². The highest BCUT2D eigenvalue weighted by Crippen LogP contribution is 2.42. The van der Waals surface area contributed by atoms with Crippen molar-refractivity contribution in [3.63, 3.8) is 0 Å². The van der Waals surface area contributed by atoms with Crippen LogP contribution in [0.4, 0.5) is 10.8 Å². The van der Waals surface area contributed by atoms with Crippen molar-refractivity contribution in [2.45, 2.75) is 58.5 Å². The molecule has 4 heterocycles. The van der Waals surface area contributed by atoms with Crippen molar-refractivity contribution in [3.8, 4) is 16.9 Å². The van der Waals surface area contributed by atoms with Gasteiger partial charge in [0, 0.05) is 36.7 Å². The predicted molar refractivity (Wildman–Crippen MR) is 141 cm³/mol. The minimum atomic E-state index is -0.298. The number of unbranched alkanes of at least 4 members (excludes halogenated alkanes) is 1. The predicted octanol–water partition coefficient (Wildman–Crippen LogP) is 4.92. The van der Waals surface area contributed by atoms with Gasteiger partial charge in [-0.25, -0.2) is 4.98 Å². The highest BCUT2D eigenvalue weighted by molar-refractivity contribution is 7.17. The smallest absolute Gasteiger partial charge is 0.263 e. The zero-order valence-electron chi connectivity index (χ0n) is 20.9. The zero-order valence-corrected chi connectivity index (χ0v) is 21.7. The van der Waals surface area contributed by atoms with Gasteiger partial charge in [-0.2, -0.15) is 5.10 Å². The highest BCUT2D eigenvalue weighted by atomic mass is 32.1. The Morgan fingerprint density at radius 2 is 2.14 bits per heavy atom. The van der Waals surface area contributed by atoms with Gasteiger partial charge in [-0.15, -0.1) is 0 Å². The number of allylic oxidation sites excluding steroid dienone is 2. The number of benzene rings is 1. The Morgan fingerprint density at radius 1 is 1.28 bits per heavy atom. The number of fused-ring (bicyclic) bond motifs is 2. The van der Waals surface area contributed by atoms with Gasteiger partial charge in [0.15, 0.2) is 10.9 Å². The van der Waals surface area contributed by atoms with E-state index in [0.29, 0.717) is 30.9 Å². The summed E-state index contributed by atoms with van der Waals surface area (Å²) < 4.78 is 7.86. The number of nitrogens with zero attached hydrogens (tertiary/aromatic N) is 4. The van der Waals surface area contributed by atoms with E-state index in [1.165, 1.54) is 11.3 Å². The van der Waals surface area contributed by atoms with Gasteiger partial charge in [-0.3, -0.25) is 14.3 Å². The van der Waals surface area contributed by atoms with Crippen LogP contribution in [0.1, 0.15) is 55.4 Å². The van der Waals surface area contributed by atoms with E-state index < -0.39 is 0 Å². The van der Waals surface area contributed by atoms with E-state index in [4.69, 9.17) is 9.72 Å². The van der Waals surface area contributed by atoms with Gasteiger partial charge in [0.05, 0.1) is 24.1 Å². The van der Waals surface area contributed by atoms with Crippen molar-refractivity contribution >= 4 is 33.8 Å². The average molecular weight is 506 g/mol. The largest absolute Gasteiger partial charge is 0.490 e. The standard InChI is InChI=1S/C27H31N5O3S/c1-4-7-20(33)8-5-6-11-31-17-19(16-28-31)18-9-10-23-22(14-18)32(12-13-35-23)26-29-21-15-27(2,3)30-25(34)24(21)36-26/h4,7,9-10,14,16-17H,5-6,8,11-13,15H2,1-3H3,(H,30,34). The summed E-state index contributed by atoms with van der Waals surface area (Å²) in [6.07, 6.45) is 10.3. The molecule has 0 unspecified atom stereocenters. The molecule has 2 aliphatic rings. The summed E-state index contributed by atoms with van der Waals surface area (Å²) in [5.74, 6) is 0.928. The van der Waals surface area contributed by atoms with E-state index in [0.717, 1.165) is 52.8 Å². The molecule has 3 aromatic rings. The first-order valence-electron chi connectivity index (χ1n) is 12.4. The van der Waals surface area contributed by atoms with E-state index in [-0.39, 0.29) is 17.2 Å². The van der Waals surface area contributed by atoms with E-state index in [9.17, 15) is 9.59 Å². The van der Waals surface area contributed by atoms with Crippen LogP contribution in [-0.2, 0) is 17.8 Å². The third-order valence-electron chi connectivity index (χ3n) is 6.39. The van der Waals surface area contributed by atoms with Crippen LogP contribution in [0.25, 0.3) is 11.1 Å². The number of ether oxygens (including phenoxy) is 1. The van der Waals surface area contributed by atoms with E-state index >= 15 is 0 Å². The summed E-state index contributed by atoms with van der Waals surface area (Å²) in [5, 5.41) is 8.41. The molecule has 0 bridgehead atoms. The number of aryl methyl sites for hydroxylation is 1. The lowest BCUT2D eigenvalue weighted by Gasteiger charge is -2.29. The molecule has 0 saturated carbocycles. The van der Waals surface area contributed by atoms with Crippen LogP contribution in [0.5, 0.6) is 5.75 Å². The van der Waals surface area contributed by atoms with Crippen LogP contribution >= 0.6 is 11.3 Å². The fourth-order valence-corrected chi connectivity index (χ4v) is 5.67. The van der Waals surface area contributed by atoms with Gasteiger partial charge in [0.1, 0.15) is 17.2 Å². The van der Waals surface area contributed by atoms with Crippen LogP contribution < -0.4 is 15.0 Å². The summed E-state index contributed by atoms with van der Waals surface area (Å²) in [7, 11) is 0. The molecule has 5 rings (SSSR count). The summed E-state index contributed by atoms with van der Waals surface area (Å²) in [6.45, 7) is 7.89. The maximum absolute atomic E-state index is 12.6. The Morgan fingerprint density at radius 3 is 2.97 bits per heavy atom. The lowest BCUT2D eigenvalue weighted by molar-refractivity contribution is -0.114. The van der Waals surface area contributed by atoms with Crippen LogP contribution in [0.3, 0.4) is 0 Å². The molecule has 1 amide bonds. The van der Waals surface area contributed by atoms with E-state index in [1.54, 1.807) is 12.2 Å². The van der Waals surface area contributed by atoms with Crippen molar-refractivity contribution < 1.29 is 14.3 Å².